The van der Waals surface area contributed by atoms with E-state index >= 15 is 0 Å². The van der Waals surface area contributed by atoms with Crippen LogP contribution in [-0.4, -0.2) is 74.4 Å². The molecular formula is C17H33N3O. The lowest BCUT2D eigenvalue weighted by Gasteiger charge is -2.47. The molecule has 122 valence electrons. The van der Waals surface area contributed by atoms with Crippen LogP contribution in [0.25, 0.3) is 0 Å². The van der Waals surface area contributed by atoms with E-state index in [1.807, 2.05) is 0 Å². The van der Waals surface area contributed by atoms with Gasteiger partial charge in [-0.15, -0.1) is 0 Å². The van der Waals surface area contributed by atoms with Gasteiger partial charge in [0.15, 0.2) is 0 Å². The largest absolute Gasteiger partial charge is 0.379 e. The maximum absolute atomic E-state index is 5.50. The first-order valence-corrected chi connectivity index (χ1v) is 9.15. The zero-order chi connectivity index (χ0) is 14.5. The van der Waals surface area contributed by atoms with Gasteiger partial charge < -0.3 is 10.1 Å². The minimum absolute atomic E-state index is 0.756. The summed E-state index contributed by atoms with van der Waals surface area (Å²) in [5.74, 6) is 0.844. The first-order valence-electron chi connectivity index (χ1n) is 9.15. The standard InChI is InChI=1S/C17H33N3O/c1-2-16-5-3-4-8-20(16)17-13-18-7-6-15(17)14-19-9-11-21-12-10-19/h15-18H,2-14H2,1H3. The lowest BCUT2D eigenvalue weighted by Crippen LogP contribution is -2.58. The Hall–Kier alpha value is -0.160. The van der Waals surface area contributed by atoms with Crippen LogP contribution < -0.4 is 5.32 Å². The molecule has 0 aromatic carbocycles. The highest BCUT2D eigenvalue weighted by Gasteiger charge is 2.35. The van der Waals surface area contributed by atoms with Crippen molar-refractivity contribution in [2.45, 2.75) is 51.1 Å². The summed E-state index contributed by atoms with van der Waals surface area (Å²) in [5, 5.41) is 3.66. The first-order chi connectivity index (χ1) is 10.4. The monoisotopic (exact) mass is 295 g/mol. The molecule has 0 radical (unpaired) electrons. The van der Waals surface area contributed by atoms with Crippen molar-refractivity contribution in [1.82, 2.24) is 15.1 Å². The fourth-order valence-electron chi connectivity index (χ4n) is 4.51. The van der Waals surface area contributed by atoms with E-state index in [1.54, 1.807) is 0 Å². The summed E-state index contributed by atoms with van der Waals surface area (Å²) in [6.07, 6.45) is 6.91. The third kappa shape index (κ3) is 3.98. The van der Waals surface area contributed by atoms with Gasteiger partial charge in [0.2, 0.25) is 0 Å². The molecule has 3 saturated heterocycles. The summed E-state index contributed by atoms with van der Waals surface area (Å²) in [5.41, 5.74) is 0. The van der Waals surface area contributed by atoms with Crippen molar-refractivity contribution < 1.29 is 4.74 Å². The van der Waals surface area contributed by atoms with Crippen LogP contribution in [0.15, 0.2) is 0 Å². The highest BCUT2D eigenvalue weighted by Crippen LogP contribution is 2.28. The maximum Gasteiger partial charge on any atom is 0.0594 e. The van der Waals surface area contributed by atoms with E-state index in [4.69, 9.17) is 4.74 Å². The Balaban J connectivity index is 1.62. The quantitative estimate of drug-likeness (QED) is 0.852. The maximum atomic E-state index is 5.50. The molecule has 3 unspecified atom stereocenters. The van der Waals surface area contributed by atoms with E-state index in [1.165, 1.54) is 58.3 Å². The average Bonchev–Trinajstić information content (AvgIpc) is 2.56. The van der Waals surface area contributed by atoms with Crippen molar-refractivity contribution in [3.63, 3.8) is 0 Å². The molecule has 0 bridgehead atoms. The molecule has 0 aliphatic carbocycles. The summed E-state index contributed by atoms with van der Waals surface area (Å²) in [4.78, 5) is 5.50. The van der Waals surface area contributed by atoms with Gasteiger partial charge in [0.1, 0.15) is 0 Å². The number of nitrogens with one attached hydrogen (secondary N) is 1. The van der Waals surface area contributed by atoms with Crippen LogP contribution in [0.2, 0.25) is 0 Å². The molecule has 3 rings (SSSR count). The van der Waals surface area contributed by atoms with E-state index in [0.717, 1.165) is 44.3 Å². The molecule has 3 aliphatic rings. The smallest absolute Gasteiger partial charge is 0.0594 e. The number of piperidine rings is 2. The first kappa shape index (κ1) is 15.7. The number of morpholine rings is 1. The molecule has 0 spiro atoms. The Morgan fingerprint density at radius 1 is 1.10 bits per heavy atom. The minimum Gasteiger partial charge on any atom is -0.379 e. The van der Waals surface area contributed by atoms with Crippen LogP contribution in [0.1, 0.15) is 39.0 Å². The molecule has 4 heteroatoms. The molecule has 3 aliphatic heterocycles. The molecule has 1 N–H and O–H groups in total. The summed E-state index contributed by atoms with van der Waals surface area (Å²) in [6.45, 7) is 11.5. The second-order valence-corrected chi connectivity index (χ2v) is 7.03. The Bertz CT molecular complexity index is 306. The summed E-state index contributed by atoms with van der Waals surface area (Å²) >= 11 is 0. The van der Waals surface area contributed by atoms with Crippen molar-refractivity contribution in [2.24, 2.45) is 5.92 Å². The number of hydrogen-bond donors (Lipinski definition) is 1. The average molecular weight is 295 g/mol. The molecule has 4 nitrogen and oxygen atoms in total. The topological polar surface area (TPSA) is 27.7 Å². The normalized spacial score (nSPS) is 36.7. The van der Waals surface area contributed by atoms with Crippen molar-refractivity contribution >= 4 is 0 Å². The van der Waals surface area contributed by atoms with Crippen LogP contribution >= 0.6 is 0 Å². The summed E-state index contributed by atoms with van der Waals surface area (Å²) in [7, 11) is 0. The zero-order valence-corrected chi connectivity index (χ0v) is 13.7. The summed E-state index contributed by atoms with van der Waals surface area (Å²) < 4.78 is 5.50. The van der Waals surface area contributed by atoms with E-state index < -0.39 is 0 Å². The highest BCUT2D eigenvalue weighted by molar-refractivity contribution is 4.92. The van der Waals surface area contributed by atoms with Gasteiger partial charge in [-0.05, 0) is 44.7 Å². The second kappa shape index (κ2) is 7.91. The van der Waals surface area contributed by atoms with Crippen molar-refractivity contribution in [1.29, 1.82) is 0 Å². The summed E-state index contributed by atoms with van der Waals surface area (Å²) in [6, 6.07) is 1.59. The number of rotatable bonds is 4. The molecule has 3 heterocycles. The molecule has 0 aromatic heterocycles. The Kier molecular flexibility index (Phi) is 5.92. The predicted molar refractivity (Wildman–Crippen MR) is 86.7 cm³/mol. The predicted octanol–water partition coefficient (Wildman–Crippen LogP) is 1.56. The number of nitrogens with zero attached hydrogens (tertiary/aromatic N) is 2. The van der Waals surface area contributed by atoms with Crippen molar-refractivity contribution in [3.05, 3.63) is 0 Å². The van der Waals surface area contributed by atoms with Gasteiger partial charge >= 0.3 is 0 Å². The van der Waals surface area contributed by atoms with Gasteiger partial charge in [-0.3, -0.25) is 9.80 Å². The minimum atomic E-state index is 0.756. The lowest BCUT2D eigenvalue weighted by molar-refractivity contribution is 0.000103. The van der Waals surface area contributed by atoms with Crippen LogP contribution in [0.3, 0.4) is 0 Å². The van der Waals surface area contributed by atoms with E-state index in [2.05, 4.69) is 22.0 Å². The van der Waals surface area contributed by atoms with Crippen LogP contribution in [0.5, 0.6) is 0 Å². The fourth-order valence-corrected chi connectivity index (χ4v) is 4.51. The fraction of sp³-hybridized carbons (Fsp3) is 1.00. The van der Waals surface area contributed by atoms with Crippen molar-refractivity contribution in [3.8, 4) is 0 Å². The number of likely N-dealkylation sites (tertiary alicyclic amines) is 1. The molecule has 0 saturated carbocycles. The second-order valence-electron chi connectivity index (χ2n) is 7.03. The number of ether oxygens (including phenoxy) is 1. The Morgan fingerprint density at radius 3 is 2.76 bits per heavy atom. The lowest BCUT2D eigenvalue weighted by atomic mass is 9.87. The zero-order valence-electron chi connectivity index (χ0n) is 13.7. The molecular weight excluding hydrogens is 262 g/mol. The van der Waals surface area contributed by atoms with Gasteiger partial charge in [0, 0.05) is 38.3 Å². The molecule has 0 aromatic rings. The van der Waals surface area contributed by atoms with Gasteiger partial charge in [0.05, 0.1) is 13.2 Å². The Labute approximate surface area is 130 Å². The van der Waals surface area contributed by atoms with E-state index in [-0.39, 0.29) is 0 Å². The van der Waals surface area contributed by atoms with Crippen LogP contribution in [0.4, 0.5) is 0 Å². The van der Waals surface area contributed by atoms with Crippen LogP contribution in [0, 0.1) is 5.92 Å². The molecule has 0 amide bonds. The molecule has 3 atom stereocenters. The van der Waals surface area contributed by atoms with E-state index in [0.29, 0.717) is 0 Å². The Morgan fingerprint density at radius 2 is 1.95 bits per heavy atom. The van der Waals surface area contributed by atoms with Gasteiger partial charge in [-0.25, -0.2) is 0 Å². The van der Waals surface area contributed by atoms with Gasteiger partial charge in [-0.2, -0.15) is 0 Å². The SMILES string of the molecule is CCC1CCCCN1C1CNCCC1CN1CCOCC1. The van der Waals surface area contributed by atoms with Gasteiger partial charge in [-0.1, -0.05) is 13.3 Å². The highest BCUT2D eigenvalue weighted by atomic mass is 16.5. The van der Waals surface area contributed by atoms with Gasteiger partial charge in [0.25, 0.3) is 0 Å². The molecule has 21 heavy (non-hydrogen) atoms. The third-order valence-electron chi connectivity index (χ3n) is 5.76. The van der Waals surface area contributed by atoms with Crippen molar-refractivity contribution in [2.75, 3.05) is 52.5 Å². The number of hydrogen-bond acceptors (Lipinski definition) is 4. The van der Waals surface area contributed by atoms with Crippen LogP contribution in [-0.2, 0) is 4.74 Å². The third-order valence-corrected chi connectivity index (χ3v) is 5.76. The molecule has 3 fully saturated rings. The van der Waals surface area contributed by atoms with E-state index in [9.17, 15) is 0 Å².